The predicted molar refractivity (Wildman–Crippen MR) is 72.0 cm³/mol. The van der Waals surface area contributed by atoms with Crippen molar-refractivity contribution >= 4 is 11.9 Å². The molecular weight excluding hydrogens is 256 g/mol. The summed E-state index contributed by atoms with van der Waals surface area (Å²) in [4.78, 5) is 23.4. The Morgan fingerprint density at radius 2 is 2.05 bits per heavy atom. The van der Waals surface area contributed by atoms with Crippen molar-refractivity contribution in [2.45, 2.75) is 25.7 Å². The molecule has 1 fully saturated rings. The Labute approximate surface area is 117 Å². The van der Waals surface area contributed by atoms with Gasteiger partial charge in [-0.15, -0.1) is 0 Å². The van der Waals surface area contributed by atoms with Gasteiger partial charge in [0.1, 0.15) is 0 Å². The second-order valence-corrected chi connectivity index (χ2v) is 5.17. The maximum atomic E-state index is 12.0. The van der Waals surface area contributed by atoms with E-state index < -0.39 is 11.4 Å². The van der Waals surface area contributed by atoms with Crippen molar-refractivity contribution in [1.82, 2.24) is 5.32 Å². The van der Waals surface area contributed by atoms with Crippen LogP contribution in [0, 0.1) is 16.7 Å². The van der Waals surface area contributed by atoms with E-state index in [4.69, 9.17) is 5.26 Å². The minimum atomic E-state index is -0.846. The molecule has 2 N–H and O–H groups in total. The molecule has 0 radical (unpaired) electrons. The van der Waals surface area contributed by atoms with E-state index in [1.807, 2.05) is 6.07 Å². The number of hydrogen-bond donors (Lipinski definition) is 2. The highest BCUT2D eigenvalue weighted by atomic mass is 16.4. The molecule has 1 aromatic carbocycles. The van der Waals surface area contributed by atoms with Crippen molar-refractivity contribution in [3.05, 3.63) is 35.4 Å². The maximum absolute atomic E-state index is 12.0. The lowest BCUT2D eigenvalue weighted by Gasteiger charge is -2.23. The third-order valence-electron chi connectivity index (χ3n) is 3.86. The van der Waals surface area contributed by atoms with Gasteiger partial charge in [0.15, 0.2) is 0 Å². The molecule has 2 rings (SSSR count). The molecule has 104 valence electrons. The van der Waals surface area contributed by atoms with Gasteiger partial charge in [0.25, 0.3) is 5.91 Å². The first-order chi connectivity index (χ1) is 9.57. The minimum absolute atomic E-state index is 0.137. The van der Waals surface area contributed by atoms with Crippen LogP contribution in [-0.4, -0.2) is 23.5 Å². The zero-order valence-corrected chi connectivity index (χ0v) is 11.1. The molecule has 1 aliphatic carbocycles. The third-order valence-corrected chi connectivity index (χ3v) is 3.86. The van der Waals surface area contributed by atoms with E-state index in [-0.39, 0.29) is 12.5 Å². The molecule has 0 heterocycles. The molecule has 5 nitrogen and oxygen atoms in total. The Bertz CT molecular complexity index is 569. The van der Waals surface area contributed by atoms with Gasteiger partial charge in [0.05, 0.1) is 17.0 Å². The summed E-state index contributed by atoms with van der Waals surface area (Å²) in [7, 11) is 0. The number of benzene rings is 1. The van der Waals surface area contributed by atoms with Gasteiger partial charge in [-0.2, -0.15) is 5.26 Å². The van der Waals surface area contributed by atoms with Gasteiger partial charge in [-0.1, -0.05) is 18.9 Å². The zero-order chi connectivity index (χ0) is 14.6. The quantitative estimate of drug-likeness (QED) is 0.876. The number of carbonyl (C=O) groups excluding carboxylic acids is 1. The highest BCUT2D eigenvalue weighted by Gasteiger charge is 2.41. The number of hydrogen-bond acceptors (Lipinski definition) is 3. The number of rotatable bonds is 4. The molecule has 0 saturated heterocycles. The van der Waals surface area contributed by atoms with Gasteiger partial charge in [0.2, 0.25) is 0 Å². The van der Waals surface area contributed by atoms with Crippen LogP contribution in [0.5, 0.6) is 0 Å². The van der Waals surface area contributed by atoms with Crippen LogP contribution in [0.3, 0.4) is 0 Å². The number of nitrogens with one attached hydrogen (secondary N) is 1. The summed E-state index contributed by atoms with van der Waals surface area (Å²) in [6.45, 7) is 0.137. The van der Waals surface area contributed by atoms with Crippen LogP contribution >= 0.6 is 0 Å². The second kappa shape index (κ2) is 5.74. The smallest absolute Gasteiger partial charge is 0.311 e. The van der Waals surface area contributed by atoms with Crippen LogP contribution in [0.2, 0.25) is 0 Å². The van der Waals surface area contributed by atoms with Gasteiger partial charge in [0, 0.05) is 12.1 Å². The summed E-state index contributed by atoms with van der Waals surface area (Å²) in [5, 5.41) is 20.8. The molecule has 1 aromatic rings. The summed E-state index contributed by atoms with van der Waals surface area (Å²) in [5.41, 5.74) is -0.0447. The van der Waals surface area contributed by atoms with Crippen molar-refractivity contribution < 1.29 is 14.7 Å². The maximum Gasteiger partial charge on any atom is 0.311 e. The van der Waals surface area contributed by atoms with E-state index >= 15 is 0 Å². The van der Waals surface area contributed by atoms with Crippen LogP contribution < -0.4 is 5.32 Å². The summed E-state index contributed by atoms with van der Waals surface area (Å²) in [6, 6.07) is 8.33. The fraction of sp³-hybridized carbons (Fsp3) is 0.400. The molecule has 0 spiro atoms. The molecular formula is C15H16N2O3. The van der Waals surface area contributed by atoms with Gasteiger partial charge in [-0.3, -0.25) is 9.59 Å². The van der Waals surface area contributed by atoms with Crippen molar-refractivity contribution in [2.75, 3.05) is 6.54 Å². The number of nitrogens with zero attached hydrogens (tertiary/aromatic N) is 1. The molecule has 0 aliphatic heterocycles. The lowest BCUT2D eigenvalue weighted by Crippen LogP contribution is -2.41. The number of carboxylic acid groups (broad SMARTS) is 1. The van der Waals surface area contributed by atoms with Crippen LogP contribution in [0.1, 0.15) is 41.6 Å². The third kappa shape index (κ3) is 2.80. The van der Waals surface area contributed by atoms with E-state index in [1.165, 1.54) is 6.07 Å². The first kappa shape index (κ1) is 14.1. The number of nitriles is 1. The average molecular weight is 272 g/mol. The molecule has 20 heavy (non-hydrogen) atoms. The number of carboxylic acids is 1. The number of amides is 1. The van der Waals surface area contributed by atoms with Crippen molar-refractivity contribution in [3.8, 4) is 6.07 Å². The molecule has 0 unspecified atom stereocenters. The lowest BCUT2D eigenvalue weighted by atomic mass is 9.86. The lowest BCUT2D eigenvalue weighted by molar-refractivity contribution is -0.148. The fourth-order valence-corrected chi connectivity index (χ4v) is 2.60. The summed E-state index contributed by atoms with van der Waals surface area (Å²) in [6.07, 6.45) is 2.96. The van der Waals surface area contributed by atoms with E-state index in [1.54, 1.807) is 18.2 Å². The SMILES string of the molecule is N#Cc1cccc(C(=O)NCC2(C(=O)O)CCCC2)c1. The molecule has 1 amide bonds. The van der Waals surface area contributed by atoms with Crippen molar-refractivity contribution in [2.24, 2.45) is 5.41 Å². The normalized spacial score (nSPS) is 16.4. The Kier molecular flexibility index (Phi) is 4.04. The first-order valence-electron chi connectivity index (χ1n) is 6.59. The highest BCUT2D eigenvalue weighted by molar-refractivity contribution is 5.94. The molecule has 1 aliphatic rings. The fourth-order valence-electron chi connectivity index (χ4n) is 2.60. The van der Waals surface area contributed by atoms with Gasteiger partial charge >= 0.3 is 5.97 Å². The Morgan fingerprint density at radius 3 is 2.65 bits per heavy atom. The predicted octanol–water partition coefficient (Wildman–Crippen LogP) is 1.93. The Balaban J connectivity index is 2.04. The van der Waals surface area contributed by atoms with E-state index in [9.17, 15) is 14.7 Å². The second-order valence-electron chi connectivity index (χ2n) is 5.17. The molecule has 0 atom stereocenters. The molecule has 5 heteroatoms. The van der Waals surface area contributed by atoms with Crippen molar-refractivity contribution in [3.63, 3.8) is 0 Å². The van der Waals surface area contributed by atoms with Gasteiger partial charge in [-0.05, 0) is 31.0 Å². The van der Waals surface area contributed by atoms with E-state index in [2.05, 4.69) is 5.32 Å². The molecule has 0 aromatic heterocycles. The number of aliphatic carboxylic acids is 1. The summed E-state index contributed by atoms with van der Waals surface area (Å²) >= 11 is 0. The highest BCUT2D eigenvalue weighted by Crippen LogP contribution is 2.37. The van der Waals surface area contributed by atoms with Crippen LogP contribution in [0.4, 0.5) is 0 Å². The van der Waals surface area contributed by atoms with Crippen molar-refractivity contribution in [1.29, 1.82) is 5.26 Å². The number of carbonyl (C=O) groups is 2. The van der Waals surface area contributed by atoms with E-state index in [0.717, 1.165) is 12.8 Å². The Morgan fingerprint density at radius 1 is 1.35 bits per heavy atom. The first-order valence-corrected chi connectivity index (χ1v) is 6.59. The standard InChI is InChI=1S/C15H16N2O3/c16-9-11-4-3-5-12(8-11)13(18)17-10-15(14(19)20)6-1-2-7-15/h3-5,8H,1-2,6-7,10H2,(H,17,18)(H,19,20). The van der Waals surface area contributed by atoms with Gasteiger partial charge in [-0.25, -0.2) is 0 Å². The molecule has 0 bridgehead atoms. The summed E-state index contributed by atoms with van der Waals surface area (Å²) < 4.78 is 0. The zero-order valence-electron chi connectivity index (χ0n) is 11.1. The monoisotopic (exact) mass is 272 g/mol. The van der Waals surface area contributed by atoms with Crippen LogP contribution in [0.25, 0.3) is 0 Å². The van der Waals surface area contributed by atoms with E-state index in [0.29, 0.717) is 24.0 Å². The van der Waals surface area contributed by atoms with Crippen LogP contribution in [-0.2, 0) is 4.79 Å². The average Bonchev–Trinajstić information content (AvgIpc) is 2.95. The van der Waals surface area contributed by atoms with Gasteiger partial charge < -0.3 is 10.4 Å². The topological polar surface area (TPSA) is 90.2 Å². The minimum Gasteiger partial charge on any atom is -0.481 e. The van der Waals surface area contributed by atoms with Crippen LogP contribution in [0.15, 0.2) is 24.3 Å². The molecule has 1 saturated carbocycles. The largest absolute Gasteiger partial charge is 0.481 e. The Hall–Kier alpha value is -2.35. The summed E-state index contributed by atoms with van der Waals surface area (Å²) in [5.74, 6) is -1.18.